The molecule has 1 aliphatic rings. The van der Waals surface area contributed by atoms with Crippen LogP contribution in [-0.4, -0.2) is 30.4 Å². The lowest BCUT2D eigenvalue weighted by atomic mass is 10.1. The van der Waals surface area contributed by atoms with Gasteiger partial charge >= 0.3 is 6.03 Å². The molecule has 8 nitrogen and oxygen atoms in total. The number of urea groups is 1. The molecule has 0 aromatic heterocycles. The molecular formula is C20H16ClN3O5. The second-order valence-corrected chi connectivity index (χ2v) is 6.63. The molecule has 9 heteroatoms. The number of barbiturate groups is 1. The highest BCUT2D eigenvalue weighted by atomic mass is 35.5. The Bertz CT molecular complexity index is 1060. The van der Waals surface area contributed by atoms with E-state index in [1.807, 2.05) is 0 Å². The van der Waals surface area contributed by atoms with Crippen molar-refractivity contribution in [3.8, 4) is 5.75 Å². The van der Waals surface area contributed by atoms with Gasteiger partial charge in [-0.2, -0.15) is 0 Å². The zero-order chi connectivity index (χ0) is 21.1. The van der Waals surface area contributed by atoms with Crippen LogP contribution in [0.5, 0.6) is 5.75 Å². The van der Waals surface area contributed by atoms with E-state index in [0.29, 0.717) is 16.3 Å². The van der Waals surface area contributed by atoms with Crippen molar-refractivity contribution in [2.75, 3.05) is 11.5 Å². The minimum absolute atomic E-state index is 0.236. The molecule has 0 radical (unpaired) electrons. The van der Waals surface area contributed by atoms with Gasteiger partial charge in [0.25, 0.3) is 17.7 Å². The fourth-order valence-electron chi connectivity index (χ4n) is 2.63. The number of imide groups is 2. The largest absolute Gasteiger partial charge is 0.484 e. The molecule has 2 aromatic rings. The van der Waals surface area contributed by atoms with Crippen LogP contribution in [0.1, 0.15) is 11.1 Å². The number of nitrogens with zero attached hydrogens (tertiary/aromatic N) is 1. The molecule has 0 saturated carbocycles. The Kier molecular flexibility index (Phi) is 5.65. The van der Waals surface area contributed by atoms with Gasteiger partial charge in [0.05, 0.1) is 5.69 Å². The van der Waals surface area contributed by atoms with Crippen LogP contribution in [-0.2, 0) is 14.4 Å². The van der Waals surface area contributed by atoms with E-state index in [9.17, 15) is 19.2 Å². The SMILES string of the molecule is Cc1ccc(N2C(=O)NC(=O)/C(=C/c3cccc(OCC(N)=O)c3)C2=O)cc1Cl. The van der Waals surface area contributed by atoms with E-state index in [4.69, 9.17) is 22.1 Å². The zero-order valence-corrected chi connectivity index (χ0v) is 16.0. The van der Waals surface area contributed by atoms with Gasteiger partial charge in [-0.3, -0.25) is 19.7 Å². The van der Waals surface area contributed by atoms with E-state index in [1.165, 1.54) is 18.2 Å². The number of halogens is 1. The number of aryl methyl sites for hydroxylation is 1. The first-order valence-corrected chi connectivity index (χ1v) is 8.83. The highest BCUT2D eigenvalue weighted by Gasteiger charge is 2.36. The summed E-state index contributed by atoms with van der Waals surface area (Å²) in [5.41, 5.74) is 6.28. The molecule has 0 aliphatic carbocycles. The molecule has 5 amide bonds. The van der Waals surface area contributed by atoms with Crippen LogP contribution in [0.3, 0.4) is 0 Å². The molecule has 1 fully saturated rings. The topological polar surface area (TPSA) is 119 Å². The first-order chi connectivity index (χ1) is 13.8. The van der Waals surface area contributed by atoms with Gasteiger partial charge in [0.15, 0.2) is 6.61 Å². The minimum atomic E-state index is -0.865. The predicted octanol–water partition coefficient (Wildman–Crippen LogP) is 2.18. The second-order valence-electron chi connectivity index (χ2n) is 6.22. The summed E-state index contributed by atoms with van der Waals surface area (Å²) in [7, 11) is 0. The number of amides is 5. The van der Waals surface area contributed by atoms with Crippen LogP contribution in [0.15, 0.2) is 48.0 Å². The number of nitrogens with one attached hydrogen (secondary N) is 1. The van der Waals surface area contributed by atoms with Gasteiger partial charge in [0.1, 0.15) is 11.3 Å². The van der Waals surface area contributed by atoms with Crippen molar-refractivity contribution in [2.45, 2.75) is 6.92 Å². The van der Waals surface area contributed by atoms with Crippen molar-refractivity contribution in [1.29, 1.82) is 0 Å². The fraction of sp³-hybridized carbons (Fsp3) is 0.100. The van der Waals surface area contributed by atoms with Gasteiger partial charge in [-0.05, 0) is 48.4 Å². The first kappa shape index (κ1) is 20.1. The van der Waals surface area contributed by atoms with Crippen LogP contribution in [0.25, 0.3) is 6.08 Å². The number of hydrogen-bond acceptors (Lipinski definition) is 5. The lowest BCUT2D eigenvalue weighted by molar-refractivity contribution is -0.123. The number of ether oxygens (including phenoxy) is 1. The number of hydrogen-bond donors (Lipinski definition) is 2. The molecule has 1 aliphatic heterocycles. The number of nitrogens with two attached hydrogens (primary N) is 1. The first-order valence-electron chi connectivity index (χ1n) is 8.45. The number of rotatable bonds is 5. The smallest absolute Gasteiger partial charge is 0.335 e. The number of benzene rings is 2. The molecule has 1 heterocycles. The van der Waals surface area contributed by atoms with Gasteiger partial charge in [0.2, 0.25) is 0 Å². The summed E-state index contributed by atoms with van der Waals surface area (Å²) in [5, 5.41) is 2.52. The van der Waals surface area contributed by atoms with Crippen molar-refractivity contribution in [3.63, 3.8) is 0 Å². The van der Waals surface area contributed by atoms with E-state index in [1.54, 1.807) is 37.3 Å². The third-order valence-corrected chi connectivity index (χ3v) is 4.47. The van der Waals surface area contributed by atoms with Gasteiger partial charge in [0, 0.05) is 5.02 Å². The number of carbonyl (C=O) groups is 4. The number of carbonyl (C=O) groups excluding carboxylic acids is 4. The normalized spacial score (nSPS) is 15.4. The van der Waals surface area contributed by atoms with Gasteiger partial charge in [-0.25, -0.2) is 9.69 Å². The third kappa shape index (κ3) is 4.44. The quantitative estimate of drug-likeness (QED) is 0.575. The average molecular weight is 414 g/mol. The summed E-state index contributed by atoms with van der Waals surface area (Å²) in [5.74, 6) is -1.92. The Morgan fingerprint density at radius 2 is 1.97 bits per heavy atom. The van der Waals surface area contributed by atoms with Crippen LogP contribution >= 0.6 is 11.6 Å². The van der Waals surface area contributed by atoms with Crippen molar-refractivity contribution in [3.05, 3.63) is 64.2 Å². The Morgan fingerprint density at radius 1 is 1.21 bits per heavy atom. The summed E-state index contributed by atoms with van der Waals surface area (Å²) in [6.07, 6.45) is 1.32. The molecule has 29 heavy (non-hydrogen) atoms. The zero-order valence-electron chi connectivity index (χ0n) is 15.3. The minimum Gasteiger partial charge on any atom is -0.484 e. The Morgan fingerprint density at radius 3 is 2.66 bits per heavy atom. The molecule has 2 aromatic carbocycles. The highest BCUT2D eigenvalue weighted by Crippen LogP contribution is 2.27. The van der Waals surface area contributed by atoms with E-state index < -0.39 is 23.8 Å². The van der Waals surface area contributed by atoms with Crippen molar-refractivity contribution in [1.82, 2.24) is 5.32 Å². The van der Waals surface area contributed by atoms with Crippen molar-refractivity contribution in [2.24, 2.45) is 5.73 Å². The molecule has 0 spiro atoms. The maximum atomic E-state index is 12.9. The van der Waals surface area contributed by atoms with Gasteiger partial charge in [-0.1, -0.05) is 29.8 Å². The maximum absolute atomic E-state index is 12.9. The molecule has 0 unspecified atom stereocenters. The summed E-state index contributed by atoms with van der Waals surface area (Å²) < 4.78 is 5.21. The fourth-order valence-corrected chi connectivity index (χ4v) is 2.80. The summed E-state index contributed by atoms with van der Waals surface area (Å²) >= 11 is 6.09. The molecule has 3 rings (SSSR count). The standard InChI is InChI=1S/C20H16ClN3O5/c1-11-5-6-13(9-16(11)21)24-19(27)15(18(26)23-20(24)28)8-12-3-2-4-14(7-12)29-10-17(22)25/h2-9H,10H2,1H3,(H2,22,25)(H,23,26,28)/b15-8-. The summed E-state index contributed by atoms with van der Waals surface area (Å²) in [6, 6.07) is 10.2. The van der Waals surface area contributed by atoms with E-state index >= 15 is 0 Å². The molecule has 3 N–H and O–H groups in total. The van der Waals surface area contributed by atoms with Crippen LogP contribution < -0.4 is 20.7 Å². The molecule has 1 saturated heterocycles. The highest BCUT2D eigenvalue weighted by molar-refractivity contribution is 6.39. The lowest BCUT2D eigenvalue weighted by Gasteiger charge is -2.26. The van der Waals surface area contributed by atoms with E-state index in [2.05, 4.69) is 5.32 Å². The monoisotopic (exact) mass is 413 g/mol. The van der Waals surface area contributed by atoms with Gasteiger partial charge < -0.3 is 10.5 Å². The molecule has 148 valence electrons. The Balaban J connectivity index is 1.94. The number of anilines is 1. The van der Waals surface area contributed by atoms with Crippen LogP contribution in [0.2, 0.25) is 5.02 Å². The van der Waals surface area contributed by atoms with Crippen LogP contribution in [0, 0.1) is 6.92 Å². The van der Waals surface area contributed by atoms with E-state index in [-0.39, 0.29) is 17.9 Å². The summed E-state index contributed by atoms with van der Waals surface area (Å²) in [4.78, 5) is 49.1. The predicted molar refractivity (Wildman–Crippen MR) is 106 cm³/mol. The Hall–Kier alpha value is -3.65. The molecule has 0 atom stereocenters. The van der Waals surface area contributed by atoms with Crippen LogP contribution in [0.4, 0.5) is 10.5 Å². The second kappa shape index (κ2) is 8.15. The number of primary amides is 1. The summed E-state index contributed by atoms with van der Waals surface area (Å²) in [6.45, 7) is 1.47. The molecular weight excluding hydrogens is 398 g/mol. The lowest BCUT2D eigenvalue weighted by Crippen LogP contribution is -2.54. The molecule has 0 bridgehead atoms. The van der Waals surface area contributed by atoms with Gasteiger partial charge in [-0.15, -0.1) is 0 Å². The van der Waals surface area contributed by atoms with E-state index in [0.717, 1.165) is 10.5 Å². The third-order valence-electron chi connectivity index (χ3n) is 4.07. The van der Waals surface area contributed by atoms with Crippen molar-refractivity contribution < 1.29 is 23.9 Å². The van der Waals surface area contributed by atoms with Crippen molar-refractivity contribution >= 4 is 47.1 Å². The Labute approximate surface area is 170 Å². The average Bonchev–Trinajstić information content (AvgIpc) is 2.66. The maximum Gasteiger partial charge on any atom is 0.335 e.